The number of nitrogens with zero attached hydrogens (tertiary/aromatic N) is 1. The molecule has 5 heteroatoms. The number of hydrogen-bond acceptors (Lipinski definition) is 2. The van der Waals surface area contributed by atoms with Gasteiger partial charge < -0.3 is 5.32 Å². The highest BCUT2D eigenvalue weighted by Crippen LogP contribution is 2.33. The molecule has 1 saturated heterocycles. The zero-order valence-corrected chi connectivity index (χ0v) is 14.8. The molecule has 1 aromatic carbocycles. The van der Waals surface area contributed by atoms with Gasteiger partial charge in [0.2, 0.25) is 5.91 Å². The molecule has 3 rings (SSSR count). The molecule has 126 valence electrons. The van der Waals surface area contributed by atoms with E-state index in [0.717, 1.165) is 31.5 Å². The van der Waals surface area contributed by atoms with Gasteiger partial charge in [-0.25, -0.2) is 0 Å². The first-order valence-corrected chi connectivity index (χ1v) is 9.38. The van der Waals surface area contributed by atoms with E-state index < -0.39 is 0 Å². The van der Waals surface area contributed by atoms with Gasteiger partial charge in [0.15, 0.2) is 0 Å². The zero-order chi connectivity index (χ0) is 16.2. The van der Waals surface area contributed by atoms with Crippen LogP contribution in [0, 0.1) is 0 Å². The lowest BCUT2D eigenvalue weighted by molar-refractivity contribution is -0.121. The van der Waals surface area contributed by atoms with E-state index in [0.29, 0.717) is 6.42 Å². The van der Waals surface area contributed by atoms with Crippen molar-refractivity contribution in [2.24, 2.45) is 0 Å². The Morgan fingerprint density at radius 3 is 2.52 bits per heavy atom. The van der Waals surface area contributed by atoms with Gasteiger partial charge in [-0.2, -0.15) is 0 Å². The van der Waals surface area contributed by atoms with E-state index >= 15 is 0 Å². The molecular weight excluding hydrogens is 331 g/mol. The van der Waals surface area contributed by atoms with Gasteiger partial charge in [-0.3, -0.25) is 9.69 Å². The van der Waals surface area contributed by atoms with Crippen molar-refractivity contribution in [1.82, 2.24) is 10.2 Å². The van der Waals surface area contributed by atoms with Crippen LogP contribution in [0.3, 0.4) is 0 Å². The molecule has 0 bridgehead atoms. The van der Waals surface area contributed by atoms with Crippen LogP contribution in [0.15, 0.2) is 30.3 Å². The predicted octanol–water partition coefficient (Wildman–Crippen LogP) is 3.19. The first-order valence-electron chi connectivity index (χ1n) is 8.50. The summed E-state index contributed by atoms with van der Waals surface area (Å²) < 4.78 is 0. The monoisotopic (exact) mass is 354 g/mol. The molecule has 1 heterocycles. The Kier molecular flexibility index (Phi) is 5.84. The van der Waals surface area contributed by atoms with E-state index in [4.69, 9.17) is 23.2 Å². The fourth-order valence-corrected chi connectivity index (χ4v) is 4.53. The van der Waals surface area contributed by atoms with E-state index in [9.17, 15) is 4.79 Å². The molecular formula is C18H24Cl2N2O. The van der Waals surface area contributed by atoms with Crippen LogP contribution in [0.5, 0.6) is 0 Å². The smallest absolute Gasteiger partial charge is 0.224 e. The van der Waals surface area contributed by atoms with Crippen molar-refractivity contribution in [2.75, 3.05) is 13.1 Å². The normalized spacial score (nSPS) is 31.9. The molecule has 23 heavy (non-hydrogen) atoms. The van der Waals surface area contributed by atoms with E-state index in [1.807, 2.05) is 30.3 Å². The fraction of sp³-hybridized carbons (Fsp3) is 0.611. The largest absolute Gasteiger partial charge is 0.351 e. The zero-order valence-electron chi connectivity index (χ0n) is 13.3. The Hall–Kier alpha value is -0.770. The van der Waals surface area contributed by atoms with E-state index in [2.05, 4.69) is 10.2 Å². The van der Waals surface area contributed by atoms with Crippen LogP contribution < -0.4 is 5.32 Å². The van der Waals surface area contributed by atoms with Gasteiger partial charge in [-0.15, -0.1) is 23.2 Å². The summed E-state index contributed by atoms with van der Waals surface area (Å²) in [5, 5.41) is 3.11. The molecule has 0 spiro atoms. The van der Waals surface area contributed by atoms with Gasteiger partial charge in [0, 0.05) is 12.1 Å². The summed E-state index contributed by atoms with van der Waals surface area (Å²) in [4.78, 5) is 14.8. The number of rotatable bonds is 4. The molecule has 4 unspecified atom stereocenters. The highest BCUT2D eigenvalue weighted by Gasteiger charge is 2.42. The van der Waals surface area contributed by atoms with Crippen LogP contribution in [0.2, 0.25) is 0 Å². The van der Waals surface area contributed by atoms with Gasteiger partial charge in [0.05, 0.1) is 17.2 Å². The number of likely N-dealkylation sites (tertiary alicyclic amines) is 1. The molecule has 1 aliphatic carbocycles. The first kappa shape index (κ1) is 17.1. The summed E-state index contributed by atoms with van der Waals surface area (Å²) >= 11 is 13.0. The molecule has 0 aromatic heterocycles. The van der Waals surface area contributed by atoms with Crippen molar-refractivity contribution >= 4 is 29.1 Å². The average molecular weight is 355 g/mol. The van der Waals surface area contributed by atoms with Crippen LogP contribution in [0.25, 0.3) is 0 Å². The third-order valence-corrected chi connectivity index (χ3v) is 6.13. The minimum Gasteiger partial charge on any atom is -0.351 e. The summed E-state index contributed by atoms with van der Waals surface area (Å²) in [6.07, 6.45) is 4.59. The maximum atomic E-state index is 12.4. The van der Waals surface area contributed by atoms with Gasteiger partial charge in [-0.1, -0.05) is 30.3 Å². The van der Waals surface area contributed by atoms with Crippen molar-refractivity contribution in [1.29, 1.82) is 0 Å². The van der Waals surface area contributed by atoms with Gasteiger partial charge in [0.25, 0.3) is 0 Å². The number of halogens is 2. The molecule has 1 amide bonds. The van der Waals surface area contributed by atoms with Crippen molar-refractivity contribution in [3.63, 3.8) is 0 Å². The quantitative estimate of drug-likeness (QED) is 0.842. The topological polar surface area (TPSA) is 32.3 Å². The summed E-state index contributed by atoms with van der Waals surface area (Å²) in [6.45, 7) is 2.12. The summed E-state index contributed by atoms with van der Waals surface area (Å²) in [5.74, 6) is 0.0716. The molecule has 1 saturated carbocycles. The molecule has 3 nitrogen and oxygen atoms in total. The number of hydrogen-bond donors (Lipinski definition) is 1. The Morgan fingerprint density at radius 1 is 1.13 bits per heavy atom. The average Bonchev–Trinajstić information content (AvgIpc) is 3.06. The fourth-order valence-electron chi connectivity index (χ4n) is 3.80. The third kappa shape index (κ3) is 4.20. The van der Waals surface area contributed by atoms with Crippen molar-refractivity contribution in [3.05, 3.63) is 35.9 Å². The van der Waals surface area contributed by atoms with Gasteiger partial charge >= 0.3 is 0 Å². The van der Waals surface area contributed by atoms with Gasteiger partial charge in [0.1, 0.15) is 0 Å². The second kappa shape index (κ2) is 7.87. The van der Waals surface area contributed by atoms with E-state index in [1.165, 1.54) is 12.8 Å². The Balaban J connectivity index is 1.65. The molecule has 1 aromatic rings. The molecule has 0 radical (unpaired) electrons. The molecule has 4 atom stereocenters. The molecule has 1 N–H and O–H groups in total. The van der Waals surface area contributed by atoms with E-state index in [1.54, 1.807) is 0 Å². The van der Waals surface area contributed by atoms with Crippen LogP contribution in [-0.2, 0) is 11.2 Å². The van der Waals surface area contributed by atoms with Crippen molar-refractivity contribution in [3.8, 4) is 0 Å². The predicted molar refractivity (Wildman–Crippen MR) is 95.2 cm³/mol. The highest BCUT2D eigenvalue weighted by molar-refractivity contribution is 6.30. The van der Waals surface area contributed by atoms with Crippen LogP contribution in [0.1, 0.15) is 31.2 Å². The molecule has 1 aliphatic heterocycles. The molecule has 2 fully saturated rings. The highest BCUT2D eigenvalue weighted by atomic mass is 35.5. The number of carbonyl (C=O) groups excluding carboxylic acids is 1. The number of benzene rings is 1. The number of alkyl halides is 2. The van der Waals surface area contributed by atoms with Crippen LogP contribution in [0.4, 0.5) is 0 Å². The standard InChI is InChI=1S/C18H24Cl2N2O/c19-14-8-9-15(18(17(14)20)22-10-4-5-11-22)21-16(23)12-13-6-2-1-3-7-13/h1-3,6-7,14-15,17-18H,4-5,8-12H2,(H,21,23). The Labute approximate surface area is 148 Å². The van der Waals surface area contributed by atoms with Crippen molar-refractivity contribution < 1.29 is 4.79 Å². The summed E-state index contributed by atoms with van der Waals surface area (Å²) in [5.41, 5.74) is 1.04. The maximum Gasteiger partial charge on any atom is 0.224 e. The lowest BCUT2D eigenvalue weighted by Gasteiger charge is -2.43. The van der Waals surface area contributed by atoms with Crippen LogP contribution >= 0.6 is 23.2 Å². The summed E-state index contributed by atoms with van der Waals surface area (Å²) in [6, 6.07) is 10.1. The second-order valence-corrected chi connectivity index (χ2v) is 7.67. The SMILES string of the molecule is O=C(Cc1ccccc1)NC1CCC(Cl)C(Cl)C1N1CCCC1. The van der Waals surface area contributed by atoms with Gasteiger partial charge in [-0.05, 0) is 44.3 Å². The Morgan fingerprint density at radius 2 is 1.83 bits per heavy atom. The minimum atomic E-state index is -0.106. The number of nitrogens with one attached hydrogen (secondary N) is 1. The third-order valence-electron chi connectivity index (χ3n) is 4.95. The second-order valence-electron chi connectivity index (χ2n) is 6.61. The van der Waals surface area contributed by atoms with Crippen molar-refractivity contribution in [2.45, 2.75) is 54.9 Å². The minimum absolute atomic E-state index is 0.00968. The number of carbonyl (C=O) groups is 1. The Bertz CT molecular complexity index is 517. The summed E-state index contributed by atoms with van der Waals surface area (Å²) in [7, 11) is 0. The molecule has 2 aliphatic rings. The number of amides is 1. The lowest BCUT2D eigenvalue weighted by atomic mass is 9.88. The maximum absolute atomic E-state index is 12.4. The lowest BCUT2D eigenvalue weighted by Crippen LogP contribution is -2.59. The van der Waals surface area contributed by atoms with E-state index in [-0.39, 0.29) is 28.7 Å². The first-order chi connectivity index (χ1) is 11.1. The van der Waals surface area contributed by atoms with Crippen LogP contribution in [-0.4, -0.2) is 46.7 Å².